The fourth-order valence-electron chi connectivity index (χ4n) is 3.19. The van der Waals surface area contributed by atoms with E-state index >= 15 is 0 Å². The van der Waals surface area contributed by atoms with Crippen molar-refractivity contribution in [2.24, 2.45) is 4.99 Å². The Morgan fingerprint density at radius 2 is 1.77 bits per heavy atom. The smallest absolute Gasteiger partial charge is 0.306 e. The lowest BCUT2D eigenvalue weighted by Gasteiger charge is -2.12. The van der Waals surface area contributed by atoms with Crippen LogP contribution in [0, 0.1) is 0 Å². The number of nitrogens with zero attached hydrogens (tertiary/aromatic N) is 4. The maximum atomic E-state index is 11.4. The van der Waals surface area contributed by atoms with Crippen LogP contribution in [-0.2, 0) is 11.4 Å². The van der Waals surface area contributed by atoms with Gasteiger partial charge in [0, 0.05) is 11.1 Å². The molecule has 7 nitrogen and oxygen atoms in total. The van der Waals surface area contributed by atoms with Crippen molar-refractivity contribution in [2.45, 2.75) is 19.1 Å². The zero-order valence-corrected chi connectivity index (χ0v) is 13.8. The van der Waals surface area contributed by atoms with Gasteiger partial charge in [-0.25, -0.2) is 0 Å². The van der Waals surface area contributed by atoms with Crippen molar-refractivity contribution >= 4 is 11.7 Å². The van der Waals surface area contributed by atoms with Gasteiger partial charge in [-0.05, 0) is 6.07 Å². The number of aliphatic imine (C=N–C) groups is 1. The molecule has 1 aliphatic heterocycles. The lowest BCUT2D eigenvalue weighted by molar-refractivity contribution is -0.137. The van der Waals surface area contributed by atoms with Crippen LogP contribution in [0.3, 0.4) is 0 Å². The van der Waals surface area contributed by atoms with E-state index in [1.54, 1.807) is 4.57 Å². The van der Waals surface area contributed by atoms with E-state index in [9.17, 15) is 15.0 Å². The van der Waals surface area contributed by atoms with E-state index in [0.29, 0.717) is 17.4 Å². The number of carboxylic acid groups (broad SMARTS) is 1. The lowest BCUT2D eigenvalue weighted by Crippen LogP contribution is -2.11. The van der Waals surface area contributed by atoms with E-state index in [1.807, 2.05) is 54.6 Å². The molecular weight excluding hydrogens is 332 g/mol. The number of fused-ring (bicyclic) bond motifs is 3. The van der Waals surface area contributed by atoms with Crippen LogP contribution in [-0.4, -0.2) is 36.7 Å². The molecule has 0 aliphatic carbocycles. The Balaban J connectivity index is 2.01. The van der Waals surface area contributed by atoms with Gasteiger partial charge in [-0.1, -0.05) is 48.5 Å². The summed E-state index contributed by atoms with van der Waals surface area (Å²) < 4.78 is 1.71. The number of hydrogen-bond acceptors (Lipinski definition) is 5. The molecule has 0 bridgehead atoms. The van der Waals surface area contributed by atoms with Crippen LogP contribution in [0.1, 0.15) is 35.2 Å². The highest BCUT2D eigenvalue weighted by atomic mass is 16.4. The SMILES string of the molecule is O=C(O)CC1N=C(c2ccccc2)c2ccccc2-n2c(CO)nnc21. The van der Waals surface area contributed by atoms with Crippen molar-refractivity contribution in [3.8, 4) is 5.69 Å². The highest BCUT2D eigenvalue weighted by Crippen LogP contribution is 2.32. The third kappa shape index (κ3) is 2.68. The van der Waals surface area contributed by atoms with Gasteiger partial charge in [0.15, 0.2) is 11.6 Å². The molecular formula is C19H16N4O3. The van der Waals surface area contributed by atoms with Crippen LogP contribution in [0.2, 0.25) is 0 Å². The quantitative estimate of drug-likeness (QED) is 0.752. The second kappa shape index (κ2) is 6.53. The predicted octanol–water partition coefficient (Wildman–Crippen LogP) is 2.13. The van der Waals surface area contributed by atoms with Gasteiger partial charge >= 0.3 is 5.97 Å². The first-order valence-electron chi connectivity index (χ1n) is 8.19. The van der Waals surface area contributed by atoms with Crippen molar-refractivity contribution in [3.05, 3.63) is 77.4 Å². The number of rotatable bonds is 4. The molecule has 130 valence electrons. The van der Waals surface area contributed by atoms with Gasteiger partial charge in [-0.3, -0.25) is 14.4 Å². The fraction of sp³-hybridized carbons (Fsp3) is 0.158. The van der Waals surface area contributed by atoms with Crippen molar-refractivity contribution < 1.29 is 15.0 Å². The van der Waals surface area contributed by atoms with Crippen molar-refractivity contribution in [3.63, 3.8) is 0 Å². The Morgan fingerprint density at radius 3 is 2.50 bits per heavy atom. The van der Waals surface area contributed by atoms with Gasteiger partial charge in [-0.15, -0.1) is 10.2 Å². The van der Waals surface area contributed by atoms with E-state index < -0.39 is 12.0 Å². The summed E-state index contributed by atoms with van der Waals surface area (Å²) in [4.78, 5) is 16.2. The molecule has 2 aromatic carbocycles. The molecule has 0 saturated heterocycles. The molecule has 2 heterocycles. The van der Waals surface area contributed by atoms with Gasteiger partial charge in [-0.2, -0.15) is 0 Å². The second-order valence-corrected chi connectivity index (χ2v) is 5.94. The van der Waals surface area contributed by atoms with Crippen LogP contribution in [0.5, 0.6) is 0 Å². The molecule has 4 rings (SSSR count). The van der Waals surface area contributed by atoms with E-state index in [2.05, 4.69) is 10.2 Å². The average Bonchev–Trinajstić information content (AvgIpc) is 3.04. The highest BCUT2D eigenvalue weighted by Gasteiger charge is 2.29. The van der Waals surface area contributed by atoms with Crippen LogP contribution in [0.25, 0.3) is 5.69 Å². The first-order chi connectivity index (χ1) is 12.7. The minimum atomic E-state index is -0.975. The largest absolute Gasteiger partial charge is 0.481 e. The lowest BCUT2D eigenvalue weighted by atomic mass is 10.0. The maximum absolute atomic E-state index is 11.4. The molecule has 1 unspecified atom stereocenters. The number of benzene rings is 2. The van der Waals surface area contributed by atoms with Gasteiger partial charge in [0.25, 0.3) is 0 Å². The number of aliphatic hydroxyl groups excluding tert-OH is 1. The Kier molecular flexibility index (Phi) is 4.06. The molecule has 7 heteroatoms. The first kappa shape index (κ1) is 16.2. The summed E-state index contributed by atoms with van der Waals surface area (Å²) in [6.45, 7) is -0.304. The van der Waals surface area contributed by atoms with Gasteiger partial charge in [0.05, 0.1) is 17.8 Å². The summed E-state index contributed by atoms with van der Waals surface area (Å²) in [5.41, 5.74) is 3.19. The number of aliphatic carboxylic acids is 1. The minimum absolute atomic E-state index is 0.214. The van der Waals surface area contributed by atoms with E-state index in [4.69, 9.17) is 4.99 Å². The van der Waals surface area contributed by atoms with Crippen LogP contribution in [0.15, 0.2) is 59.6 Å². The highest BCUT2D eigenvalue weighted by molar-refractivity contribution is 6.15. The fourth-order valence-corrected chi connectivity index (χ4v) is 3.19. The molecule has 0 amide bonds. The molecule has 1 aromatic heterocycles. The maximum Gasteiger partial charge on any atom is 0.306 e. The van der Waals surface area contributed by atoms with Gasteiger partial charge in [0.2, 0.25) is 0 Å². The molecule has 0 spiro atoms. The van der Waals surface area contributed by atoms with Crippen LogP contribution in [0.4, 0.5) is 0 Å². The van der Waals surface area contributed by atoms with Gasteiger partial charge < -0.3 is 10.2 Å². The third-order valence-electron chi connectivity index (χ3n) is 4.29. The van der Waals surface area contributed by atoms with Gasteiger partial charge in [0.1, 0.15) is 12.6 Å². The molecule has 26 heavy (non-hydrogen) atoms. The molecule has 0 saturated carbocycles. The van der Waals surface area contributed by atoms with Crippen molar-refractivity contribution in [2.75, 3.05) is 0 Å². The van der Waals surface area contributed by atoms with Crippen LogP contribution < -0.4 is 0 Å². The number of carbonyl (C=O) groups is 1. The predicted molar refractivity (Wildman–Crippen MR) is 94.4 cm³/mol. The summed E-state index contributed by atoms with van der Waals surface area (Å²) in [5, 5.41) is 27.2. The zero-order valence-electron chi connectivity index (χ0n) is 13.8. The normalized spacial score (nSPS) is 15.6. The molecule has 3 aromatic rings. The van der Waals surface area contributed by atoms with E-state index in [1.165, 1.54) is 0 Å². The summed E-state index contributed by atoms with van der Waals surface area (Å²) in [6.07, 6.45) is -0.214. The molecule has 2 N–H and O–H groups in total. The van der Waals surface area contributed by atoms with E-state index in [0.717, 1.165) is 16.8 Å². The number of para-hydroxylation sites is 1. The summed E-state index contributed by atoms with van der Waals surface area (Å²) >= 11 is 0. The molecule has 1 aliphatic rings. The van der Waals surface area contributed by atoms with Crippen molar-refractivity contribution in [1.82, 2.24) is 14.8 Å². The van der Waals surface area contributed by atoms with Crippen molar-refractivity contribution in [1.29, 1.82) is 0 Å². The standard InChI is InChI=1S/C19H16N4O3/c24-11-16-21-22-19-14(10-17(25)26)20-18(12-6-2-1-3-7-12)13-8-4-5-9-15(13)23(16)19/h1-9,14,24H,10-11H2,(H,25,26). The number of aliphatic hydroxyl groups is 1. The summed E-state index contributed by atoms with van der Waals surface area (Å²) in [7, 11) is 0. The molecule has 0 fully saturated rings. The Bertz CT molecular complexity index is 995. The second-order valence-electron chi connectivity index (χ2n) is 5.94. The monoisotopic (exact) mass is 348 g/mol. The summed E-state index contributed by atoms with van der Waals surface area (Å²) in [5.74, 6) is -0.209. The average molecular weight is 348 g/mol. The topological polar surface area (TPSA) is 101 Å². The third-order valence-corrected chi connectivity index (χ3v) is 4.29. The Morgan fingerprint density at radius 1 is 1.04 bits per heavy atom. The minimum Gasteiger partial charge on any atom is -0.481 e. The molecule has 1 atom stereocenters. The Labute approximate surface area is 149 Å². The number of aromatic nitrogens is 3. The zero-order chi connectivity index (χ0) is 18.1. The van der Waals surface area contributed by atoms with E-state index in [-0.39, 0.29) is 13.0 Å². The Hall–Kier alpha value is -3.32. The van der Waals surface area contributed by atoms with Crippen LogP contribution >= 0.6 is 0 Å². The number of carboxylic acids is 1. The summed E-state index contributed by atoms with van der Waals surface area (Å²) in [6, 6.07) is 16.5. The molecule has 0 radical (unpaired) electrons. The number of hydrogen-bond donors (Lipinski definition) is 2. The first-order valence-corrected chi connectivity index (χ1v) is 8.19.